The van der Waals surface area contributed by atoms with E-state index in [-0.39, 0.29) is 4.90 Å². The number of fused-ring (bicyclic) bond motifs is 1. The van der Waals surface area contributed by atoms with Crippen molar-refractivity contribution in [2.24, 2.45) is 0 Å². The Bertz CT molecular complexity index is 538. The van der Waals surface area contributed by atoms with Crippen LogP contribution in [0.2, 0.25) is 5.02 Å². The number of amides is 1. The van der Waals surface area contributed by atoms with Crippen molar-refractivity contribution >= 4 is 33.0 Å². The smallest absolute Gasteiger partial charge is 0.242 e. The summed E-state index contributed by atoms with van der Waals surface area (Å²) in [7, 11) is -3.59. The van der Waals surface area contributed by atoms with Crippen molar-refractivity contribution in [2.45, 2.75) is 17.1 Å². The Balaban J connectivity index is 2.73. The molecule has 1 N–H and O–H groups in total. The number of benzene rings is 1. The molecule has 1 aromatic rings. The van der Waals surface area contributed by atoms with Crippen LogP contribution in [0, 0.1) is 0 Å². The number of rotatable bonds is 0. The van der Waals surface area contributed by atoms with Gasteiger partial charge in [0, 0.05) is 5.02 Å². The lowest BCUT2D eigenvalue weighted by atomic mass is 10.3. The molecule has 6 heteroatoms. The third-order valence-electron chi connectivity index (χ3n) is 2.34. The number of anilines is 1. The van der Waals surface area contributed by atoms with Crippen LogP contribution in [-0.4, -0.2) is 19.6 Å². The molecule has 1 heterocycles. The molecular weight excluding hydrogens is 238 g/mol. The second-order valence-electron chi connectivity index (χ2n) is 3.32. The lowest BCUT2D eigenvalue weighted by molar-refractivity contribution is -0.115. The second-order valence-corrected chi connectivity index (χ2v) is 5.99. The first-order valence-electron chi connectivity index (χ1n) is 4.27. The van der Waals surface area contributed by atoms with Gasteiger partial charge < -0.3 is 5.32 Å². The van der Waals surface area contributed by atoms with Crippen LogP contribution in [0.15, 0.2) is 23.1 Å². The quantitative estimate of drug-likeness (QED) is 0.753. The molecular formula is C9H8ClNO3S. The molecule has 0 aliphatic carbocycles. The van der Waals surface area contributed by atoms with E-state index in [1.807, 2.05) is 0 Å². The summed E-state index contributed by atoms with van der Waals surface area (Å²) in [6.07, 6.45) is 0. The summed E-state index contributed by atoms with van der Waals surface area (Å²) in [5, 5.41) is 1.78. The van der Waals surface area contributed by atoms with Crippen LogP contribution in [0.4, 0.5) is 5.69 Å². The monoisotopic (exact) mass is 245 g/mol. The Labute approximate surface area is 92.2 Å². The summed E-state index contributed by atoms with van der Waals surface area (Å²) >= 11 is 5.71. The number of sulfone groups is 1. The molecule has 80 valence electrons. The van der Waals surface area contributed by atoms with Crippen LogP contribution >= 0.6 is 11.6 Å². The highest BCUT2D eigenvalue weighted by atomic mass is 35.5. The minimum Gasteiger partial charge on any atom is -0.324 e. The zero-order chi connectivity index (χ0) is 11.2. The number of carbonyl (C=O) groups is 1. The predicted molar refractivity (Wildman–Crippen MR) is 56.7 cm³/mol. The number of nitrogens with one attached hydrogen (secondary N) is 1. The lowest BCUT2D eigenvalue weighted by Crippen LogP contribution is -2.37. The SMILES string of the molecule is CC1C(=O)Nc2ccc(Cl)cc2S1(=O)=O. The molecule has 2 rings (SSSR count). The molecule has 1 atom stereocenters. The highest BCUT2D eigenvalue weighted by molar-refractivity contribution is 7.93. The zero-order valence-electron chi connectivity index (χ0n) is 7.82. The van der Waals surface area contributed by atoms with Gasteiger partial charge in [0.2, 0.25) is 5.91 Å². The Morgan fingerprint density at radius 2 is 2.07 bits per heavy atom. The molecule has 0 saturated carbocycles. The van der Waals surface area contributed by atoms with E-state index >= 15 is 0 Å². The summed E-state index contributed by atoms with van der Waals surface area (Å²) < 4.78 is 23.7. The highest BCUT2D eigenvalue weighted by Gasteiger charge is 2.36. The molecule has 1 unspecified atom stereocenters. The number of carbonyl (C=O) groups excluding carboxylic acids is 1. The normalized spacial score (nSPS) is 23.1. The Morgan fingerprint density at radius 1 is 1.40 bits per heavy atom. The van der Waals surface area contributed by atoms with E-state index < -0.39 is 21.0 Å². The maximum absolute atomic E-state index is 11.8. The first kappa shape index (κ1) is 10.4. The van der Waals surface area contributed by atoms with Crippen molar-refractivity contribution in [3.8, 4) is 0 Å². The number of hydrogen-bond acceptors (Lipinski definition) is 3. The molecule has 15 heavy (non-hydrogen) atoms. The first-order valence-corrected chi connectivity index (χ1v) is 6.19. The molecule has 1 aliphatic heterocycles. The minimum absolute atomic E-state index is 0.0853. The lowest BCUT2D eigenvalue weighted by Gasteiger charge is -2.22. The molecule has 0 spiro atoms. The van der Waals surface area contributed by atoms with Crippen molar-refractivity contribution < 1.29 is 13.2 Å². The van der Waals surface area contributed by atoms with Gasteiger partial charge in [0.05, 0.1) is 10.6 Å². The summed E-state index contributed by atoms with van der Waals surface area (Å²) in [6.45, 7) is 1.36. The third-order valence-corrected chi connectivity index (χ3v) is 4.67. The van der Waals surface area contributed by atoms with Crippen LogP contribution < -0.4 is 5.32 Å². The van der Waals surface area contributed by atoms with E-state index in [9.17, 15) is 13.2 Å². The number of hydrogen-bond donors (Lipinski definition) is 1. The van der Waals surface area contributed by atoms with Crippen molar-refractivity contribution in [3.05, 3.63) is 23.2 Å². The molecule has 1 amide bonds. The van der Waals surface area contributed by atoms with Crippen molar-refractivity contribution in [1.29, 1.82) is 0 Å². The molecule has 1 aromatic carbocycles. The van der Waals surface area contributed by atoms with E-state index in [1.54, 1.807) is 0 Å². The summed E-state index contributed by atoms with van der Waals surface area (Å²) in [5.41, 5.74) is 0.294. The largest absolute Gasteiger partial charge is 0.324 e. The van der Waals surface area contributed by atoms with Gasteiger partial charge in [0.1, 0.15) is 5.25 Å². The highest BCUT2D eigenvalue weighted by Crippen LogP contribution is 2.32. The van der Waals surface area contributed by atoms with Gasteiger partial charge in [-0.1, -0.05) is 11.6 Å². The topological polar surface area (TPSA) is 63.2 Å². The second kappa shape index (κ2) is 3.21. The van der Waals surface area contributed by atoms with Crippen LogP contribution in [0.1, 0.15) is 6.92 Å². The molecule has 0 saturated heterocycles. The molecule has 0 fully saturated rings. The van der Waals surface area contributed by atoms with Crippen LogP contribution in [0.25, 0.3) is 0 Å². The van der Waals surface area contributed by atoms with Gasteiger partial charge in [-0.05, 0) is 25.1 Å². The maximum atomic E-state index is 11.8. The fourth-order valence-electron chi connectivity index (χ4n) is 1.40. The van der Waals surface area contributed by atoms with Gasteiger partial charge in [-0.15, -0.1) is 0 Å². The molecule has 4 nitrogen and oxygen atoms in total. The standard InChI is InChI=1S/C9H8ClNO3S/c1-5-9(12)11-7-3-2-6(10)4-8(7)15(5,13)14/h2-5H,1H3,(H,11,12). The molecule has 0 aromatic heterocycles. The Morgan fingerprint density at radius 3 is 2.73 bits per heavy atom. The van der Waals surface area contributed by atoms with Crippen LogP contribution in [-0.2, 0) is 14.6 Å². The van der Waals surface area contributed by atoms with Gasteiger partial charge in [0.15, 0.2) is 9.84 Å². The molecule has 0 radical (unpaired) electrons. The van der Waals surface area contributed by atoms with Crippen molar-refractivity contribution in [1.82, 2.24) is 0 Å². The van der Waals surface area contributed by atoms with Gasteiger partial charge >= 0.3 is 0 Å². The van der Waals surface area contributed by atoms with Gasteiger partial charge in [-0.2, -0.15) is 0 Å². The van der Waals surface area contributed by atoms with Crippen LogP contribution in [0.3, 0.4) is 0 Å². The fraction of sp³-hybridized carbons (Fsp3) is 0.222. The minimum atomic E-state index is -3.59. The summed E-state index contributed by atoms with van der Waals surface area (Å²) in [5.74, 6) is -0.509. The summed E-state index contributed by atoms with van der Waals surface area (Å²) in [4.78, 5) is 11.4. The number of halogens is 1. The third kappa shape index (κ3) is 1.52. The average Bonchev–Trinajstić information content (AvgIpc) is 2.17. The van der Waals surface area contributed by atoms with E-state index in [2.05, 4.69) is 5.32 Å². The summed E-state index contributed by atoms with van der Waals surface area (Å²) in [6, 6.07) is 4.37. The Kier molecular flexibility index (Phi) is 2.24. The van der Waals surface area contributed by atoms with Gasteiger partial charge in [0.25, 0.3) is 0 Å². The van der Waals surface area contributed by atoms with E-state index in [0.29, 0.717) is 10.7 Å². The average molecular weight is 246 g/mol. The van der Waals surface area contributed by atoms with Crippen molar-refractivity contribution in [3.63, 3.8) is 0 Å². The maximum Gasteiger partial charge on any atom is 0.242 e. The van der Waals surface area contributed by atoms with Crippen molar-refractivity contribution in [2.75, 3.05) is 5.32 Å². The van der Waals surface area contributed by atoms with E-state index in [4.69, 9.17) is 11.6 Å². The first-order chi connectivity index (χ1) is 6.93. The zero-order valence-corrected chi connectivity index (χ0v) is 9.39. The molecule has 0 bridgehead atoms. The fourth-order valence-corrected chi connectivity index (χ4v) is 3.08. The molecule has 1 aliphatic rings. The predicted octanol–water partition coefficient (Wildman–Crippen LogP) is 1.45. The van der Waals surface area contributed by atoms with E-state index in [1.165, 1.54) is 25.1 Å². The van der Waals surface area contributed by atoms with Crippen LogP contribution in [0.5, 0.6) is 0 Å². The van der Waals surface area contributed by atoms with Gasteiger partial charge in [-0.3, -0.25) is 4.79 Å². The van der Waals surface area contributed by atoms with Gasteiger partial charge in [-0.25, -0.2) is 8.42 Å². The Hall–Kier alpha value is -1.07. The van der Waals surface area contributed by atoms with E-state index in [0.717, 1.165) is 0 Å².